The van der Waals surface area contributed by atoms with E-state index in [-0.39, 0.29) is 17.7 Å². The van der Waals surface area contributed by atoms with Crippen LogP contribution in [0.4, 0.5) is 5.69 Å². The Morgan fingerprint density at radius 1 is 0.960 bits per heavy atom. The monoisotopic (exact) mass is 342 g/mol. The van der Waals surface area contributed by atoms with Crippen LogP contribution in [0.5, 0.6) is 0 Å². The van der Waals surface area contributed by atoms with E-state index in [9.17, 15) is 14.4 Å². The summed E-state index contributed by atoms with van der Waals surface area (Å²) < 4.78 is 0. The molecule has 1 saturated heterocycles. The third kappa shape index (κ3) is 2.75. The highest BCUT2D eigenvalue weighted by Gasteiger charge is 2.62. The second kappa shape index (κ2) is 5.41. The lowest BCUT2D eigenvalue weighted by atomic mass is 9.51. The first kappa shape index (κ1) is 17.6. The van der Waals surface area contributed by atoms with Crippen molar-refractivity contribution in [2.45, 2.75) is 47.0 Å². The molecule has 0 radical (unpaired) electrons. The topological polar surface area (TPSA) is 66.5 Å². The minimum Gasteiger partial charge on any atom is -0.326 e. The first-order chi connectivity index (χ1) is 11.5. The number of aryl methyl sites for hydroxylation is 1. The zero-order valence-corrected chi connectivity index (χ0v) is 15.6. The van der Waals surface area contributed by atoms with Gasteiger partial charge in [0.15, 0.2) is 0 Å². The van der Waals surface area contributed by atoms with Gasteiger partial charge in [-0.05, 0) is 38.3 Å². The summed E-state index contributed by atoms with van der Waals surface area (Å²) in [4.78, 5) is 39.7. The highest BCUT2D eigenvalue weighted by Crippen LogP contribution is 2.58. The Morgan fingerprint density at radius 2 is 1.44 bits per heavy atom. The molecule has 1 aromatic carbocycles. The van der Waals surface area contributed by atoms with E-state index < -0.39 is 16.2 Å². The maximum absolute atomic E-state index is 13.0. The van der Waals surface area contributed by atoms with Crippen LogP contribution in [0.1, 0.15) is 45.6 Å². The molecule has 2 bridgehead atoms. The van der Waals surface area contributed by atoms with Crippen molar-refractivity contribution in [1.29, 1.82) is 0 Å². The standard InChI is InChI=1S/C20H26N2O3/c1-13-6-8-14(9-7-13)21-15(23)18(2)10-19(3)12-20(4,11-18)17(25)22(5)16(19)24/h6-9H,10-12H2,1-5H3,(H,21,23). The second-order valence-corrected chi connectivity index (χ2v) is 8.70. The number of piperidine rings is 1. The number of fused-ring (bicyclic) bond motifs is 2. The van der Waals surface area contributed by atoms with Crippen molar-refractivity contribution in [3.8, 4) is 0 Å². The summed E-state index contributed by atoms with van der Waals surface area (Å²) in [5.74, 6) is -0.480. The van der Waals surface area contributed by atoms with Gasteiger partial charge in [0.05, 0.1) is 0 Å². The zero-order chi connectivity index (χ0) is 18.6. The summed E-state index contributed by atoms with van der Waals surface area (Å²) in [6, 6.07) is 7.62. The van der Waals surface area contributed by atoms with Gasteiger partial charge >= 0.3 is 0 Å². The summed E-state index contributed by atoms with van der Waals surface area (Å²) in [5.41, 5.74) is -0.281. The Bertz CT molecular complexity index is 725. The molecule has 2 atom stereocenters. The van der Waals surface area contributed by atoms with Gasteiger partial charge in [-0.2, -0.15) is 0 Å². The Labute approximate surface area is 148 Å². The second-order valence-electron chi connectivity index (χ2n) is 8.70. The number of imide groups is 1. The van der Waals surface area contributed by atoms with Gasteiger partial charge in [-0.25, -0.2) is 0 Å². The largest absolute Gasteiger partial charge is 0.326 e. The highest BCUT2D eigenvalue weighted by molar-refractivity contribution is 6.05. The van der Waals surface area contributed by atoms with Crippen molar-refractivity contribution in [1.82, 2.24) is 4.90 Å². The van der Waals surface area contributed by atoms with E-state index in [1.807, 2.05) is 52.0 Å². The molecule has 5 nitrogen and oxygen atoms in total. The summed E-state index contributed by atoms with van der Waals surface area (Å²) in [6.45, 7) is 7.63. The number of carbonyl (C=O) groups excluding carboxylic acids is 3. The fourth-order valence-corrected chi connectivity index (χ4v) is 5.05. The average Bonchev–Trinajstić information content (AvgIpc) is 2.52. The maximum Gasteiger partial charge on any atom is 0.234 e. The normalized spacial score (nSPS) is 34.8. The molecule has 1 heterocycles. The summed E-state index contributed by atoms with van der Waals surface area (Å²) in [7, 11) is 1.55. The van der Waals surface area contributed by atoms with E-state index in [1.165, 1.54) is 4.90 Å². The van der Waals surface area contributed by atoms with Crippen LogP contribution < -0.4 is 5.32 Å². The van der Waals surface area contributed by atoms with Gasteiger partial charge in [0.1, 0.15) is 0 Å². The Morgan fingerprint density at radius 3 is 1.92 bits per heavy atom. The minimum absolute atomic E-state index is 0.126. The summed E-state index contributed by atoms with van der Waals surface area (Å²) in [6.07, 6.45) is 1.41. The van der Waals surface area contributed by atoms with Crippen molar-refractivity contribution in [3.05, 3.63) is 29.8 Å². The fourth-order valence-electron chi connectivity index (χ4n) is 5.05. The van der Waals surface area contributed by atoms with Crippen molar-refractivity contribution in [3.63, 3.8) is 0 Å². The van der Waals surface area contributed by atoms with Gasteiger partial charge in [0.25, 0.3) is 0 Å². The number of hydrogen-bond donors (Lipinski definition) is 1. The first-order valence-electron chi connectivity index (χ1n) is 8.70. The molecule has 1 aliphatic heterocycles. The molecular formula is C20H26N2O3. The molecule has 134 valence electrons. The lowest BCUT2D eigenvalue weighted by Crippen LogP contribution is -2.63. The number of nitrogens with one attached hydrogen (secondary N) is 1. The van der Waals surface area contributed by atoms with Gasteiger partial charge in [-0.1, -0.05) is 38.5 Å². The van der Waals surface area contributed by atoms with Crippen LogP contribution in [-0.4, -0.2) is 29.7 Å². The SMILES string of the molecule is Cc1ccc(NC(=O)C2(C)CC3(C)CC(C)(C2)C(=O)N(C)C3=O)cc1. The van der Waals surface area contributed by atoms with E-state index >= 15 is 0 Å². The lowest BCUT2D eigenvalue weighted by molar-refractivity contribution is -0.177. The maximum atomic E-state index is 13.0. The summed E-state index contributed by atoms with van der Waals surface area (Å²) in [5, 5.41) is 2.97. The first-order valence-corrected chi connectivity index (χ1v) is 8.70. The Hall–Kier alpha value is -2.17. The molecule has 5 heteroatoms. The molecule has 3 rings (SSSR count). The number of nitrogens with zero attached hydrogens (tertiary/aromatic N) is 1. The van der Waals surface area contributed by atoms with E-state index in [2.05, 4.69) is 5.32 Å². The Balaban J connectivity index is 1.91. The van der Waals surface area contributed by atoms with Gasteiger partial charge in [0, 0.05) is 29.0 Å². The van der Waals surface area contributed by atoms with Gasteiger partial charge in [-0.15, -0.1) is 0 Å². The predicted molar refractivity (Wildman–Crippen MR) is 95.8 cm³/mol. The molecule has 0 aromatic heterocycles. The molecule has 1 saturated carbocycles. The van der Waals surface area contributed by atoms with E-state index in [0.29, 0.717) is 19.3 Å². The van der Waals surface area contributed by atoms with Crippen LogP contribution in [0.2, 0.25) is 0 Å². The predicted octanol–water partition coefficient (Wildman–Crippen LogP) is 3.13. The smallest absolute Gasteiger partial charge is 0.234 e. The van der Waals surface area contributed by atoms with Crippen LogP contribution in [0, 0.1) is 23.2 Å². The molecule has 2 aliphatic rings. The van der Waals surface area contributed by atoms with Crippen LogP contribution in [0.25, 0.3) is 0 Å². The molecular weight excluding hydrogens is 316 g/mol. The minimum atomic E-state index is -0.765. The van der Waals surface area contributed by atoms with Crippen molar-refractivity contribution >= 4 is 23.4 Å². The van der Waals surface area contributed by atoms with Crippen molar-refractivity contribution in [2.24, 2.45) is 16.2 Å². The third-order valence-electron chi connectivity index (χ3n) is 5.84. The van der Waals surface area contributed by atoms with Crippen molar-refractivity contribution in [2.75, 3.05) is 12.4 Å². The van der Waals surface area contributed by atoms with Crippen LogP contribution >= 0.6 is 0 Å². The van der Waals surface area contributed by atoms with Gasteiger partial charge in [0.2, 0.25) is 17.7 Å². The van der Waals surface area contributed by atoms with E-state index in [4.69, 9.17) is 0 Å². The quantitative estimate of drug-likeness (QED) is 0.840. The number of hydrogen-bond acceptors (Lipinski definition) is 3. The molecule has 1 aromatic rings. The van der Waals surface area contributed by atoms with E-state index in [0.717, 1.165) is 11.3 Å². The van der Waals surface area contributed by atoms with E-state index in [1.54, 1.807) is 7.05 Å². The molecule has 3 amide bonds. The fraction of sp³-hybridized carbons (Fsp3) is 0.550. The molecule has 2 fully saturated rings. The van der Waals surface area contributed by atoms with Crippen LogP contribution in [0.3, 0.4) is 0 Å². The number of carbonyl (C=O) groups is 3. The lowest BCUT2D eigenvalue weighted by Gasteiger charge is -2.55. The zero-order valence-electron chi connectivity index (χ0n) is 15.6. The number of benzene rings is 1. The summed E-state index contributed by atoms with van der Waals surface area (Å²) >= 11 is 0. The van der Waals surface area contributed by atoms with Gasteiger partial charge < -0.3 is 5.32 Å². The molecule has 1 N–H and O–H groups in total. The number of rotatable bonds is 2. The number of likely N-dealkylation sites (tertiary alicyclic amines) is 1. The van der Waals surface area contributed by atoms with Crippen molar-refractivity contribution < 1.29 is 14.4 Å². The van der Waals surface area contributed by atoms with Crippen LogP contribution in [0.15, 0.2) is 24.3 Å². The molecule has 1 aliphatic carbocycles. The third-order valence-corrected chi connectivity index (χ3v) is 5.84. The van der Waals surface area contributed by atoms with Crippen LogP contribution in [-0.2, 0) is 14.4 Å². The number of anilines is 1. The Kier molecular flexibility index (Phi) is 3.82. The highest BCUT2D eigenvalue weighted by atomic mass is 16.2. The molecule has 2 unspecified atom stereocenters. The van der Waals surface area contributed by atoms with Gasteiger partial charge in [-0.3, -0.25) is 19.3 Å². The molecule has 25 heavy (non-hydrogen) atoms. The average molecular weight is 342 g/mol. The molecule has 0 spiro atoms. The number of amides is 3.